The largest absolute Gasteiger partial charge is 0.481 e. The lowest BCUT2D eigenvalue weighted by Crippen LogP contribution is -2.36. The molecule has 4 heterocycles. The van der Waals surface area contributed by atoms with E-state index in [1.807, 2.05) is 12.1 Å². The van der Waals surface area contributed by atoms with E-state index in [2.05, 4.69) is 14.5 Å². The number of Topliss-reactive ketones (excluding diaryl/α,β-unsaturated/α-hetero) is 1. The minimum atomic E-state index is -4.62. The van der Waals surface area contributed by atoms with Crippen LogP contribution < -0.4 is 4.74 Å². The molecule has 45 heavy (non-hydrogen) atoms. The Kier molecular flexibility index (Phi) is 8.78. The maximum absolute atomic E-state index is 13.7. The van der Waals surface area contributed by atoms with Gasteiger partial charge in [0.15, 0.2) is 5.78 Å². The van der Waals surface area contributed by atoms with Crippen LogP contribution in [0, 0.1) is 5.92 Å². The number of piperidine rings is 1. The highest BCUT2D eigenvalue weighted by Crippen LogP contribution is 2.34. The van der Waals surface area contributed by atoms with Crippen molar-refractivity contribution in [3.63, 3.8) is 0 Å². The van der Waals surface area contributed by atoms with Crippen LogP contribution in [0.25, 0.3) is 6.08 Å². The Balaban J connectivity index is 1.09. The van der Waals surface area contributed by atoms with Gasteiger partial charge in [-0.15, -0.1) is 0 Å². The number of likely N-dealkylation sites (tertiary alicyclic amines) is 1. The summed E-state index contributed by atoms with van der Waals surface area (Å²) in [5.41, 5.74) is 1.65. The normalized spacial score (nSPS) is 20.4. The van der Waals surface area contributed by atoms with Crippen molar-refractivity contribution < 1.29 is 37.3 Å². The molecule has 6 rings (SSSR count). The maximum Gasteiger partial charge on any atom is 0.416 e. The van der Waals surface area contributed by atoms with E-state index in [9.17, 15) is 27.9 Å². The van der Waals surface area contributed by atoms with Crippen LogP contribution in [0.5, 0.6) is 5.88 Å². The fourth-order valence-electron chi connectivity index (χ4n) is 6.19. The fourth-order valence-corrected chi connectivity index (χ4v) is 6.19. The Morgan fingerprint density at radius 2 is 1.89 bits per heavy atom. The summed E-state index contributed by atoms with van der Waals surface area (Å²) < 4.78 is 54.6. The first-order valence-corrected chi connectivity index (χ1v) is 15.2. The highest BCUT2D eigenvalue weighted by Gasteiger charge is 2.34. The van der Waals surface area contributed by atoms with Crippen molar-refractivity contribution in [1.82, 2.24) is 19.4 Å². The number of pyridine rings is 1. The number of benzene rings is 1. The molecule has 2 fully saturated rings. The Hall–Kier alpha value is -4.03. The number of fused-ring (bicyclic) bond motifs is 1. The maximum atomic E-state index is 13.7. The topological polar surface area (TPSA) is 107 Å². The van der Waals surface area contributed by atoms with Gasteiger partial charge in [-0.1, -0.05) is 24.3 Å². The zero-order valence-electron chi connectivity index (χ0n) is 24.9. The molecule has 0 spiro atoms. The monoisotopic (exact) mass is 624 g/mol. The summed E-state index contributed by atoms with van der Waals surface area (Å²) in [6, 6.07) is 8.87. The van der Waals surface area contributed by atoms with Gasteiger partial charge in [0, 0.05) is 47.5 Å². The number of imidazole rings is 1. The molecule has 12 heteroatoms. The number of carboxylic acids is 1. The predicted molar refractivity (Wildman–Crippen MR) is 158 cm³/mol. The summed E-state index contributed by atoms with van der Waals surface area (Å²) in [4.78, 5) is 35.1. The lowest BCUT2D eigenvalue weighted by Gasteiger charge is -2.32. The molecule has 1 N–H and O–H groups in total. The molecule has 238 valence electrons. The first kappa shape index (κ1) is 31.0. The molecule has 0 bridgehead atoms. The van der Waals surface area contributed by atoms with Crippen LogP contribution >= 0.6 is 0 Å². The zero-order chi connectivity index (χ0) is 31.7. The number of hydrogen-bond donors (Lipinski definition) is 1. The highest BCUT2D eigenvalue weighted by atomic mass is 19.4. The van der Waals surface area contributed by atoms with Gasteiger partial charge in [-0.25, -0.2) is 9.97 Å². The fraction of sp³-hybridized carbons (Fsp3) is 0.455. The number of hydrogen-bond acceptors (Lipinski definition) is 7. The van der Waals surface area contributed by atoms with E-state index in [0.29, 0.717) is 19.5 Å². The summed E-state index contributed by atoms with van der Waals surface area (Å²) in [6.07, 6.45) is 2.09. The first-order valence-electron chi connectivity index (χ1n) is 15.2. The van der Waals surface area contributed by atoms with Crippen molar-refractivity contribution in [2.75, 3.05) is 19.7 Å². The van der Waals surface area contributed by atoms with E-state index in [4.69, 9.17) is 14.5 Å². The molecule has 1 aliphatic carbocycles. The van der Waals surface area contributed by atoms with Crippen molar-refractivity contribution in [2.24, 2.45) is 5.92 Å². The van der Waals surface area contributed by atoms with Crippen molar-refractivity contribution in [2.45, 2.75) is 70.5 Å². The molecule has 2 aromatic heterocycles. The summed E-state index contributed by atoms with van der Waals surface area (Å²) in [7, 11) is 0. The average molecular weight is 625 g/mol. The third-order valence-electron chi connectivity index (χ3n) is 8.89. The standard InChI is InChI=1S/C33H35F3N4O5/c1-20(41)22-5-6-24(26(15-22)33(34,35)36)19-45-31-4-2-3-27(38-31)21-9-12-39(13-10-21)18-30-37-28-8-7-23(32(42)43)16-29(28)40(30)17-25-11-14-44-25/h2-8,15,21,23,25H,9-14,16-19H2,1H3,(H,42,43)/t23?,25-/m0/s1. The summed E-state index contributed by atoms with van der Waals surface area (Å²) in [5.74, 6) is -0.520. The van der Waals surface area contributed by atoms with E-state index in [-0.39, 0.29) is 35.6 Å². The van der Waals surface area contributed by atoms with E-state index in [1.165, 1.54) is 19.1 Å². The zero-order valence-corrected chi connectivity index (χ0v) is 24.9. The number of alkyl halides is 3. The molecule has 1 aromatic carbocycles. The predicted octanol–water partition coefficient (Wildman–Crippen LogP) is 5.52. The van der Waals surface area contributed by atoms with Crippen LogP contribution in [0.15, 0.2) is 42.5 Å². The van der Waals surface area contributed by atoms with Gasteiger partial charge >= 0.3 is 12.1 Å². The molecule has 2 atom stereocenters. The number of carbonyl (C=O) groups is 2. The molecule has 2 saturated heterocycles. The van der Waals surface area contributed by atoms with Crippen LogP contribution in [0.3, 0.4) is 0 Å². The van der Waals surface area contributed by atoms with E-state index in [0.717, 1.165) is 67.9 Å². The SMILES string of the molecule is CC(=O)c1ccc(COc2cccc(C3CCN(Cc4nc5c(n4C[C@@H]4CCO4)CC(C(=O)O)C=C5)CC3)n2)c(C(F)(F)F)c1. The molecule has 0 amide bonds. The Morgan fingerprint density at radius 1 is 1.11 bits per heavy atom. The third-order valence-corrected chi connectivity index (χ3v) is 8.89. The van der Waals surface area contributed by atoms with Crippen molar-refractivity contribution in [1.29, 1.82) is 0 Å². The number of carbonyl (C=O) groups excluding carboxylic acids is 1. The molecular formula is C33H35F3N4O5. The number of carboxylic acid groups (broad SMARTS) is 1. The number of ether oxygens (including phenoxy) is 2. The number of aliphatic carboxylic acids is 1. The van der Waals surface area contributed by atoms with Gasteiger partial charge in [0.2, 0.25) is 5.88 Å². The van der Waals surface area contributed by atoms with Crippen LogP contribution in [-0.4, -0.2) is 62.1 Å². The summed E-state index contributed by atoms with van der Waals surface area (Å²) >= 11 is 0. The summed E-state index contributed by atoms with van der Waals surface area (Å²) in [6.45, 7) is 4.56. The quantitative estimate of drug-likeness (QED) is 0.294. The smallest absolute Gasteiger partial charge is 0.416 e. The van der Waals surface area contributed by atoms with Gasteiger partial charge in [0.05, 0.1) is 36.4 Å². The van der Waals surface area contributed by atoms with Crippen molar-refractivity contribution in [3.05, 3.63) is 82.1 Å². The molecule has 3 aromatic rings. The third kappa shape index (κ3) is 6.96. The molecule has 0 radical (unpaired) electrons. The van der Waals surface area contributed by atoms with E-state index < -0.39 is 29.4 Å². The van der Waals surface area contributed by atoms with Crippen LogP contribution in [0.4, 0.5) is 13.2 Å². The van der Waals surface area contributed by atoms with Crippen molar-refractivity contribution >= 4 is 17.8 Å². The average Bonchev–Trinajstić information content (AvgIpc) is 3.33. The van der Waals surface area contributed by atoms with Gasteiger partial charge in [-0.3, -0.25) is 14.5 Å². The number of aromatic nitrogens is 3. The number of rotatable bonds is 10. The van der Waals surface area contributed by atoms with Gasteiger partial charge in [-0.05, 0) is 57.5 Å². The molecule has 0 saturated carbocycles. The van der Waals surface area contributed by atoms with Crippen molar-refractivity contribution in [3.8, 4) is 5.88 Å². The second-order valence-corrected chi connectivity index (χ2v) is 11.9. The van der Waals surface area contributed by atoms with E-state index >= 15 is 0 Å². The second-order valence-electron chi connectivity index (χ2n) is 11.9. The Bertz CT molecular complexity index is 1610. The molecule has 2 aliphatic heterocycles. The minimum absolute atomic E-state index is 0.00263. The van der Waals surface area contributed by atoms with Gasteiger partial charge in [0.25, 0.3) is 0 Å². The van der Waals surface area contributed by atoms with E-state index in [1.54, 1.807) is 18.2 Å². The summed E-state index contributed by atoms with van der Waals surface area (Å²) in [5, 5.41) is 9.57. The number of halogens is 3. The second kappa shape index (κ2) is 12.8. The molecule has 9 nitrogen and oxygen atoms in total. The minimum Gasteiger partial charge on any atom is -0.481 e. The first-order chi connectivity index (χ1) is 21.5. The lowest BCUT2D eigenvalue weighted by atomic mass is 9.93. The molecule has 3 aliphatic rings. The highest BCUT2D eigenvalue weighted by molar-refractivity contribution is 5.94. The molecular weight excluding hydrogens is 589 g/mol. The molecule has 1 unspecified atom stereocenters. The van der Waals surface area contributed by atoms with Gasteiger partial charge in [-0.2, -0.15) is 13.2 Å². The Morgan fingerprint density at radius 3 is 2.56 bits per heavy atom. The Labute approximate surface area is 258 Å². The van der Waals surface area contributed by atoms with Crippen LogP contribution in [0.1, 0.15) is 76.5 Å². The van der Waals surface area contributed by atoms with Crippen LogP contribution in [-0.2, 0) is 41.8 Å². The van der Waals surface area contributed by atoms with Crippen LogP contribution in [0.2, 0.25) is 0 Å². The van der Waals surface area contributed by atoms with Gasteiger partial charge in [0.1, 0.15) is 12.4 Å². The van der Waals surface area contributed by atoms with Gasteiger partial charge < -0.3 is 19.1 Å². The lowest BCUT2D eigenvalue weighted by molar-refractivity contribution is -0.140. The number of ketones is 1. The number of nitrogens with zero attached hydrogens (tertiary/aromatic N) is 4.